The number of rotatable bonds is 21. The van der Waals surface area contributed by atoms with Gasteiger partial charge in [0.05, 0.1) is 70.5 Å². The van der Waals surface area contributed by atoms with Gasteiger partial charge < -0.3 is 50.0 Å². The van der Waals surface area contributed by atoms with Gasteiger partial charge in [0.2, 0.25) is 67.2 Å². The fourth-order valence-corrected chi connectivity index (χ4v) is 20.3. The number of Topliss-reactive ketones (excluding diaryl/α,β-unsaturated/α-hetero) is 2. The molecular formula is C83H110N12O18S2. The zero-order valence-electron chi connectivity index (χ0n) is 67.1. The topological polar surface area (TPSA) is 406 Å². The molecule has 0 radical (unpaired) electrons. The number of hydrogen-bond acceptors (Lipinski definition) is 22. The molecule has 2 aromatic heterocycles. The lowest BCUT2D eigenvalue weighted by Gasteiger charge is -2.32. The molecule has 6 N–H and O–H groups in total. The molecule has 14 rings (SSSR count). The first-order chi connectivity index (χ1) is 54.7. The van der Waals surface area contributed by atoms with Crippen molar-refractivity contribution in [2.24, 2.45) is 29.6 Å². The summed E-state index contributed by atoms with van der Waals surface area (Å²) in [5.74, 6) is -5.42. The van der Waals surface area contributed by atoms with E-state index in [-0.39, 0.29) is 104 Å². The van der Waals surface area contributed by atoms with E-state index in [1.165, 1.54) is 23.6 Å². The number of carbonyl (C=O) groups excluding carboxylic acids is 10. The molecule has 0 bridgehead atoms. The third kappa shape index (κ3) is 18.3. The molecule has 0 spiro atoms. The quantitative estimate of drug-likeness (QED) is 0.0435. The van der Waals surface area contributed by atoms with E-state index in [9.17, 15) is 64.8 Å². The molecule has 6 heterocycles. The highest BCUT2D eigenvalue weighted by atomic mass is 32.2. The molecule has 0 unspecified atom stereocenters. The minimum atomic E-state index is -4.00. The Hall–Kier alpha value is -9.20. The molecule has 622 valence electrons. The average Bonchev–Trinajstić information content (AvgIpc) is 1.57. The molecule has 115 heavy (non-hydrogen) atoms. The Morgan fingerprint density at radius 1 is 0.548 bits per heavy atom. The maximum absolute atomic E-state index is 14.9. The minimum Gasteiger partial charge on any atom is -0.497 e. The third-order valence-electron chi connectivity index (χ3n) is 25.6. The van der Waals surface area contributed by atoms with Gasteiger partial charge in [-0.15, -0.1) is 0 Å². The largest absolute Gasteiger partial charge is 0.497 e. The number of aromatic nitrogens is 4. The lowest BCUT2D eigenvalue weighted by atomic mass is 9.83. The maximum atomic E-state index is 14.9. The number of ketones is 2. The van der Waals surface area contributed by atoms with Crippen LogP contribution in [0.5, 0.6) is 23.3 Å². The van der Waals surface area contributed by atoms with Crippen molar-refractivity contribution in [2.45, 2.75) is 278 Å². The van der Waals surface area contributed by atoms with Gasteiger partial charge >= 0.3 is 0 Å². The van der Waals surface area contributed by atoms with Crippen LogP contribution in [0.25, 0.3) is 22.1 Å². The van der Waals surface area contributed by atoms with Gasteiger partial charge in [-0.2, -0.15) is 0 Å². The molecule has 6 aliphatic carbocycles. The molecule has 11 atom stereocenters. The number of benzene rings is 2. The van der Waals surface area contributed by atoms with E-state index in [4.69, 9.17) is 28.9 Å². The van der Waals surface area contributed by atoms with Gasteiger partial charge in [0.15, 0.2) is 11.6 Å². The van der Waals surface area contributed by atoms with Crippen molar-refractivity contribution in [3.05, 3.63) is 72.1 Å². The minimum absolute atomic E-state index is 0.00458. The molecule has 4 aromatic rings. The van der Waals surface area contributed by atoms with Gasteiger partial charge in [0, 0.05) is 75.3 Å². The van der Waals surface area contributed by atoms with Gasteiger partial charge in [-0.05, 0) is 161 Å². The second kappa shape index (κ2) is 33.8. The number of ether oxygens (including phenoxy) is 4. The monoisotopic (exact) mass is 1630 g/mol. The standard InChI is InChI=1S/C42H56N6O9S.C41H54N6O9S/c1-25-38(45-33-21-30(56-4)16-17-32(33)43-25)57-31-22-34-37(51)46-42(40(53)47-58(54,55)41(3)18-19-41)23-29(42)15-9-7-5-6-8-14-28(39(52)48(34)24-31)20-35(50)36(44-26(2)49)27-12-10-11-13-27;1-25-36(43-32-21-29(55-4)14-15-31(32)42-25)56-30-22-33-35(50)45-41(38(52)46-57(53,54)39(3)18-19-39)23-28(41)13-9-7-5-6-8-12-27(37(51)47(33)24-30)20-34(49)40(44-26(2)48)16-10-11-17-40/h9,15-17,21,27-29,31,34,36H,5-8,10-14,18-20,22-24H2,1-4H3,(H,44,49)(H,46,51)(H,47,53);9,13-15,21,27-28,30,33H,5-8,10-12,16-20,22-24H2,1-4H3,(H,44,48)(H,45,50)(H,46,52)/b15-9-;13-9-/t28-,29-,31-,34+,36+,42-;27-,28-,30-,33+,41-/m11/s1. The van der Waals surface area contributed by atoms with E-state index in [1.807, 2.05) is 24.3 Å². The van der Waals surface area contributed by atoms with E-state index in [0.717, 1.165) is 64.2 Å². The molecule has 10 aliphatic rings. The fourth-order valence-electron chi connectivity index (χ4n) is 17.7. The third-order valence-corrected chi connectivity index (χ3v) is 29.9. The first-order valence-corrected chi connectivity index (χ1v) is 44.0. The first kappa shape index (κ1) is 83.7. The van der Waals surface area contributed by atoms with Crippen LogP contribution in [0.4, 0.5) is 0 Å². The number of methoxy groups -OCH3 is 2. The van der Waals surface area contributed by atoms with E-state index >= 15 is 0 Å². The van der Waals surface area contributed by atoms with Crippen LogP contribution in [0.3, 0.4) is 0 Å². The molecular weight excluding hydrogens is 1520 g/mol. The number of allylic oxidation sites excluding steroid dienone is 2. The zero-order chi connectivity index (χ0) is 82.2. The molecule has 4 aliphatic heterocycles. The van der Waals surface area contributed by atoms with Crippen LogP contribution in [-0.2, 0) is 68.0 Å². The molecule has 6 saturated carbocycles. The molecule has 30 nitrogen and oxygen atoms in total. The zero-order valence-corrected chi connectivity index (χ0v) is 68.7. The van der Waals surface area contributed by atoms with E-state index < -0.39 is 124 Å². The fraction of sp³-hybridized carbons (Fsp3) is 0.639. The van der Waals surface area contributed by atoms with Crippen LogP contribution < -0.4 is 49.7 Å². The van der Waals surface area contributed by atoms with E-state index in [0.29, 0.717) is 122 Å². The van der Waals surface area contributed by atoms with E-state index in [2.05, 4.69) is 40.7 Å². The predicted molar refractivity (Wildman–Crippen MR) is 423 cm³/mol. The number of nitrogens with zero attached hydrogens (tertiary/aromatic N) is 6. The summed E-state index contributed by atoms with van der Waals surface area (Å²) in [6, 6.07) is 7.70. The number of nitrogens with one attached hydrogen (secondary N) is 6. The van der Waals surface area contributed by atoms with Crippen molar-refractivity contribution in [3.63, 3.8) is 0 Å². The van der Waals surface area contributed by atoms with Crippen molar-refractivity contribution in [1.29, 1.82) is 0 Å². The summed E-state index contributed by atoms with van der Waals surface area (Å²) in [5, 5.41) is 11.6. The van der Waals surface area contributed by atoms with Gasteiger partial charge in [-0.1, -0.05) is 75.7 Å². The number of aryl methyl sites for hydroxylation is 2. The molecule has 2 aromatic carbocycles. The SMILES string of the molecule is COc1ccc2nc(C)c(O[C@@H]3C[C@H]4C(=O)N[C@]5(C(=O)NS(=O)(=O)C6(C)CC6)C[C@H]5/C=C\CCCCC[C@H](CC(=O)C5(NC(C)=O)CCCC5)C(=O)N4C3)nc2c1.COc1ccc2nc(C)c(O[C@@H]3C[C@H]4C(=O)N[C@]5(C(=O)NS(=O)(=O)C6(C)CC6)C[C@H]5/C=C\CCCCC[C@H](CC(=O)[C@@H](NC(C)=O)C5CCCC5)C(=O)N4C3)nc2c1. The van der Waals surface area contributed by atoms with Gasteiger partial charge in [0.25, 0.3) is 11.8 Å². The van der Waals surface area contributed by atoms with E-state index in [1.54, 1.807) is 78.3 Å². The van der Waals surface area contributed by atoms with Crippen LogP contribution in [-0.4, -0.2) is 189 Å². The van der Waals surface area contributed by atoms with Crippen molar-refractivity contribution in [3.8, 4) is 23.3 Å². The summed E-state index contributed by atoms with van der Waals surface area (Å²) in [5.41, 5.74) is -0.737. The Morgan fingerprint density at radius 3 is 1.40 bits per heavy atom. The second-order valence-electron chi connectivity index (χ2n) is 34.2. The molecule has 2 saturated heterocycles. The number of sulfonamides is 2. The molecule has 32 heteroatoms. The van der Waals surface area contributed by atoms with Crippen LogP contribution in [0.15, 0.2) is 60.7 Å². The molecule has 8 fully saturated rings. The average molecular weight is 1630 g/mol. The number of amides is 8. The smallest absolute Gasteiger partial charge is 0.259 e. The van der Waals surface area contributed by atoms with Crippen LogP contribution in [0.2, 0.25) is 0 Å². The van der Waals surface area contributed by atoms with Crippen molar-refractivity contribution in [2.75, 3.05) is 27.3 Å². The van der Waals surface area contributed by atoms with Crippen LogP contribution in [0, 0.1) is 43.4 Å². The Kier molecular flexibility index (Phi) is 24.6. The highest BCUT2D eigenvalue weighted by Crippen LogP contribution is 2.50. The maximum Gasteiger partial charge on any atom is 0.259 e. The summed E-state index contributed by atoms with van der Waals surface area (Å²) in [4.78, 5) is 161. The first-order valence-electron chi connectivity index (χ1n) is 41.0. The number of fused-ring (bicyclic) bond motifs is 6. The summed E-state index contributed by atoms with van der Waals surface area (Å²) in [7, 11) is -4.90. The summed E-state index contributed by atoms with van der Waals surface area (Å²) in [6.45, 7) is 9.46. The summed E-state index contributed by atoms with van der Waals surface area (Å²) < 4.78 is 78.9. The predicted octanol–water partition coefficient (Wildman–Crippen LogP) is 7.67. The Morgan fingerprint density at radius 2 is 0.983 bits per heavy atom. The van der Waals surface area contributed by atoms with Crippen molar-refractivity contribution in [1.82, 2.24) is 60.4 Å². The highest BCUT2D eigenvalue weighted by Gasteiger charge is 2.65. The van der Waals surface area contributed by atoms with Crippen molar-refractivity contribution < 1.29 is 83.7 Å². The summed E-state index contributed by atoms with van der Waals surface area (Å²) >= 11 is 0. The van der Waals surface area contributed by atoms with Gasteiger partial charge in [-0.25, -0.2) is 36.8 Å². The Labute approximate surface area is 671 Å². The second-order valence-corrected chi connectivity index (χ2v) is 38.6. The van der Waals surface area contributed by atoms with Crippen molar-refractivity contribution >= 4 is 101 Å². The number of hydrogen-bond donors (Lipinski definition) is 6. The Balaban J connectivity index is 0.000000200. The van der Waals surface area contributed by atoms with Crippen LogP contribution in [0.1, 0.15) is 219 Å². The molecule has 8 amide bonds. The normalized spacial score (nSPS) is 28.7. The Bertz CT molecular complexity index is 4780. The van der Waals surface area contributed by atoms with Gasteiger partial charge in [0.1, 0.15) is 58.3 Å². The highest BCUT2D eigenvalue weighted by molar-refractivity contribution is 7.92. The lowest BCUT2D eigenvalue weighted by Crippen LogP contribution is -2.57. The summed E-state index contributed by atoms with van der Waals surface area (Å²) in [6.07, 6.45) is 21.1. The van der Waals surface area contributed by atoms with Gasteiger partial charge in [-0.3, -0.25) is 57.4 Å². The number of carbonyl (C=O) groups is 10. The van der Waals surface area contributed by atoms with Crippen LogP contribution >= 0.6 is 0 Å². The lowest BCUT2D eigenvalue weighted by molar-refractivity contribution is -0.144.